The SMILES string of the molecule is [2H]C([2H])([2H])C([2H])([2H])C([2H])([2H])C([2H])([2H])C([2H])([2H])C([2H])([2H])C([2H])([2H])C([2H])([2H])C([2H])([2H])C([2H])([2H])C([2H])([2H])C([2H])([2H])C([2H])([2H])C([2H])([2H])C([2H])([2H])C(=O)O[C@H](COC(=O)CCCCCCCCCCCCCCC)COP(=O)(O)OCC[N+](C)(C)C. The molecule has 0 rings (SSSR count). The lowest BCUT2D eigenvalue weighted by Crippen LogP contribution is -2.37. The molecule has 1 N–H and O–H groups in total. The van der Waals surface area contributed by atoms with E-state index in [0.717, 1.165) is 38.5 Å². The minimum atomic E-state index is -5.25. The number of carbonyl (C=O) groups excluding carboxylic acids is 2. The number of hydrogen-bond donors (Lipinski definition) is 1. The molecule has 0 spiro atoms. The molecule has 0 saturated carbocycles. The van der Waals surface area contributed by atoms with E-state index in [1.54, 1.807) is 21.1 Å². The lowest BCUT2D eigenvalue weighted by atomic mass is 10.0. The molecule has 0 saturated heterocycles. The summed E-state index contributed by atoms with van der Waals surface area (Å²) >= 11 is 0. The van der Waals surface area contributed by atoms with Gasteiger partial charge in [0.05, 0.1) is 27.7 Å². The summed E-state index contributed by atoms with van der Waals surface area (Å²) in [5, 5.41) is 0. The van der Waals surface area contributed by atoms with E-state index < -0.39 is 142 Å². The highest BCUT2D eigenvalue weighted by molar-refractivity contribution is 7.47. The largest absolute Gasteiger partial charge is 0.472 e. The van der Waals surface area contributed by atoms with Crippen molar-refractivity contribution in [1.82, 2.24) is 0 Å². The third-order valence-corrected chi connectivity index (χ3v) is 7.53. The number of quaternary nitrogens is 1. The molecule has 0 aromatic heterocycles. The molecule has 0 heterocycles. The second-order valence-electron chi connectivity index (χ2n) is 12.1. The van der Waals surface area contributed by atoms with Crippen LogP contribution in [0.3, 0.4) is 0 Å². The first kappa shape index (κ1) is 18.1. The van der Waals surface area contributed by atoms with Crippen LogP contribution in [0.15, 0.2) is 0 Å². The molecule has 0 aliphatic carbocycles. The van der Waals surface area contributed by atoms with Gasteiger partial charge < -0.3 is 18.9 Å². The summed E-state index contributed by atoms with van der Waals surface area (Å²) in [4.78, 5) is 36.7. The van der Waals surface area contributed by atoms with Gasteiger partial charge in [-0.2, -0.15) is 0 Å². The van der Waals surface area contributed by atoms with E-state index in [-0.39, 0.29) is 17.4 Å². The summed E-state index contributed by atoms with van der Waals surface area (Å²) in [6.45, 7) is -4.68. The normalized spacial score (nSPS) is 27.1. The average Bonchev–Trinajstić information content (AvgIpc) is 3.29. The fourth-order valence-corrected chi connectivity index (χ4v) is 4.65. The molecular weight excluding hydrogens is 653 g/mol. The molecule has 0 fully saturated rings. The molecule has 2 atom stereocenters. The minimum Gasteiger partial charge on any atom is -0.462 e. The Morgan fingerprint density at radius 2 is 1.16 bits per heavy atom. The van der Waals surface area contributed by atoms with Gasteiger partial charge >= 0.3 is 19.8 Å². The zero-order valence-corrected chi connectivity index (χ0v) is 30.9. The highest BCUT2D eigenvalue weighted by Crippen LogP contribution is 2.43. The smallest absolute Gasteiger partial charge is 0.462 e. The zero-order chi connectivity index (χ0) is 64.8. The van der Waals surface area contributed by atoms with E-state index in [1.165, 1.54) is 32.1 Å². The Kier molecular flexibility index (Phi) is 12.2. The summed E-state index contributed by atoms with van der Waals surface area (Å²) in [5.41, 5.74) is 0. The quantitative estimate of drug-likeness (QED) is 0.0286. The second-order valence-corrected chi connectivity index (χ2v) is 13.5. The number of rotatable bonds is 38. The van der Waals surface area contributed by atoms with Crippen LogP contribution in [0.4, 0.5) is 0 Å². The van der Waals surface area contributed by atoms with E-state index >= 15 is 0 Å². The first-order valence-electron chi connectivity index (χ1n) is 32.5. The van der Waals surface area contributed by atoms with Crippen LogP contribution >= 0.6 is 7.82 Å². The Morgan fingerprint density at radius 3 is 1.66 bits per heavy atom. The van der Waals surface area contributed by atoms with Crippen molar-refractivity contribution >= 4 is 19.8 Å². The van der Waals surface area contributed by atoms with Crippen LogP contribution in [0.1, 0.15) is 235 Å². The highest BCUT2D eigenvalue weighted by Gasteiger charge is 2.27. The Labute approximate surface area is 352 Å². The fourth-order valence-electron chi connectivity index (χ4n) is 3.91. The van der Waals surface area contributed by atoms with Crippen LogP contribution < -0.4 is 0 Å². The molecule has 298 valence electrons. The number of carbonyl (C=O) groups is 2. The average molecular weight is 766 g/mol. The van der Waals surface area contributed by atoms with Crippen molar-refractivity contribution in [2.24, 2.45) is 0 Å². The molecular formula is C40H81NO8P+. The number of phosphoric acid groups is 1. The van der Waals surface area contributed by atoms with Crippen molar-refractivity contribution in [3.05, 3.63) is 0 Å². The number of nitrogens with zero attached hydrogens (tertiary/aromatic N) is 1. The van der Waals surface area contributed by atoms with Crippen molar-refractivity contribution in [3.63, 3.8) is 0 Å². The van der Waals surface area contributed by atoms with Crippen molar-refractivity contribution in [2.45, 2.75) is 199 Å². The maximum atomic E-state index is 13.6. The maximum absolute atomic E-state index is 13.6. The summed E-state index contributed by atoms with van der Waals surface area (Å²) in [5.74, 6) is -3.47. The molecule has 0 bridgehead atoms. The van der Waals surface area contributed by atoms with Crippen molar-refractivity contribution in [3.8, 4) is 0 Å². The van der Waals surface area contributed by atoms with Gasteiger partial charge in [0.2, 0.25) is 0 Å². The third-order valence-electron chi connectivity index (χ3n) is 6.54. The number of hydrogen-bond acceptors (Lipinski definition) is 7. The Hall–Kier alpha value is -0.990. The zero-order valence-electron chi connectivity index (χ0n) is 61.0. The highest BCUT2D eigenvalue weighted by atomic mass is 31.2. The monoisotopic (exact) mass is 766 g/mol. The van der Waals surface area contributed by atoms with Gasteiger partial charge in [0, 0.05) is 55.3 Å². The van der Waals surface area contributed by atoms with Crippen LogP contribution in [-0.2, 0) is 32.7 Å². The van der Waals surface area contributed by atoms with Crippen molar-refractivity contribution in [2.75, 3.05) is 47.5 Å². The summed E-state index contributed by atoms with van der Waals surface area (Å²) < 4.78 is 288. The number of unbranched alkanes of at least 4 members (excludes halogenated alkanes) is 12. The van der Waals surface area contributed by atoms with Gasteiger partial charge in [0.25, 0.3) is 0 Å². The predicted molar refractivity (Wildman–Crippen MR) is 206 cm³/mol. The number of likely N-dealkylation sites (N-methyl/N-ethyl adjacent to an activating group) is 1. The predicted octanol–water partition coefficient (Wildman–Crippen LogP) is 11.2. The number of ether oxygens (including phenoxy) is 2. The van der Waals surface area contributed by atoms with Crippen LogP contribution in [0.2, 0.25) is 0 Å². The molecule has 0 amide bonds. The van der Waals surface area contributed by atoms with Gasteiger partial charge in [0.15, 0.2) is 6.10 Å². The van der Waals surface area contributed by atoms with Gasteiger partial charge in [-0.05, 0) is 12.8 Å². The molecule has 0 aliphatic heterocycles. The Bertz CT molecular complexity index is 2080. The standard InChI is InChI=1S/C40H80NO8P/c1-6-8-10-12-14-16-18-20-22-24-26-28-30-32-39(42)46-36-38(37-48-50(44,45)47-35-34-41(3,4)5)49-40(43)33-31-29-27-25-23-21-19-17-15-13-11-9-7-2/h38H,6-37H2,1-5H3/p+1/t38-/m1/s1/i2D3,7D2,9D2,11D2,13D2,15D2,17D2,19D2,21D2,23D2,25D2,27D2,29D2,31D2,33D2. The maximum Gasteiger partial charge on any atom is 0.472 e. The van der Waals surface area contributed by atoms with Crippen molar-refractivity contribution in [1.29, 1.82) is 0 Å². The lowest BCUT2D eigenvalue weighted by molar-refractivity contribution is -0.870. The van der Waals surface area contributed by atoms with Crippen LogP contribution in [0.25, 0.3) is 0 Å². The molecule has 1 unspecified atom stereocenters. The van der Waals surface area contributed by atoms with E-state index in [4.69, 9.17) is 61.0 Å². The fraction of sp³-hybridized carbons (Fsp3) is 0.950. The molecule has 0 radical (unpaired) electrons. The van der Waals surface area contributed by atoms with E-state index in [9.17, 15) is 19.0 Å². The second kappa shape index (κ2) is 33.8. The molecule has 0 aromatic rings. The molecule has 0 aliphatic rings. The topological polar surface area (TPSA) is 108 Å². The van der Waals surface area contributed by atoms with E-state index in [1.807, 2.05) is 0 Å². The van der Waals surface area contributed by atoms with Gasteiger partial charge in [-0.1, -0.05) is 167 Å². The van der Waals surface area contributed by atoms with E-state index in [0.29, 0.717) is 12.8 Å². The van der Waals surface area contributed by atoms with Gasteiger partial charge in [0.1, 0.15) is 19.8 Å². The molecule has 0 aromatic carbocycles. The third kappa shape index (κ3) is 36.8. The number of phosphoric ester groups is 1. The van der Waals surface area contributed by atoms with Gasteiger partial charge in [-0.25, -0.2) is 4.57 Å². The summed E-state index contributed by atoms with van der Waals surface area (Å²) in [6, 6.07) is 0. The van der Waals surface area contributed by atoms with Crippen LogP contribution in [0.5, 0.6) is 0 Å². The lowest BCUT2D eigenvalue weighted by Gasteiger charge is -2.24. The molecule has 9 nitrogen and oxygen atoms in total. The molecule has 10 heteroatoms. The Morgan fingerprint density at radius 1 is 0.680 bits per heavy atom. The van der Waals surface area contributed by atoms with Crippen molar-refractivity contribution < 1.29 is 84.5 Å². The van der Waals surface area contributed by atoms with Gasteiger partial charge in [-0.3, -0.25) is 18.6 Å². The number of esters is 2. The molecule has 50 heavy (non-hydrogen) atoms. The Balaban J connectivity index is 7.00. The first-order chi connectivity index (χ1) is 35.7. The summed E-state index contributed by atoms with van der Waals surface area (Å²) in [6.07, 6.45) is -59.6. The van der Waals surface area contributed by atoms with Gasteiger partial charge in [-0.15, -0.1) is 0 Å². The van der Waals surface area contributed by atoms with Crippen LogP contribution in [-0.4, -0.2) is 74.9 Å². The van der Waals surface area contributed by atoms with Crippen LogP contribution in [0, 0.1) is 0 Å². The van der Waals surface area contributed by atoms with E-state index in [2.05, 4.69) is 6.92 Å². The first-order valence-corrected chi connectivity index (χ1v) is 18.4. The minimum absolute atomic E-state index is 0.136. The summed E-state index contributed by atoms with van der Waals surface area (Å²) in [7, 11) is 0.00721.